The number of rotatable bonds is 4. The van der Waals surface area contributed by atoms with Gasteiger partial charge in [-0.2, -0.15) is 13.2 Å². The minimum absolute atomic E-state index is 0.0426. The van der Waals surface area contributed by atoms with Crippen molar-refractivity contribution in [1.82, 2.24) is 15.0 Å². The number of nitrogens with one attached hydrogen (secondary N) is 1. The predicted molar refractivity (Wildman–Crippen MR) is 112 cm³/mol. The van der Waals surface area contributed by atoms with E-state index in [2.05, 4.69) is 30.0 Å². The average Bonchev–Trinajstić information content (AvgIpc) is 2.75. The lowest BCUT2D eigenvalue weighted by Crippen LogP contribution is -2.48. The largest absolute Gasteiger partial charge is 0.452 e. The van der Waals surface area contributed by atoms with E-state index in [1.54, 1.807) is 6.07 Å². The Morgan fingerprint density at radius 2 is 2.00 bits per heavy atom. The van der Waals surface area contributed by atoms with Gasteiger partial charge in [0.15, 0.2) is 11.9 Å². The van der Waals surface area contributed by atoms with Gasteiger partial charge in [0.2, 0.25) is 0 Å². The molecule has 3 heterocycles. The molecule has 0 aliphatic carbocycles. The minimum atomic E-state index is -4.85. The molecule has 0 fully saturated rings. The van der Waals surface area contributed by atoms with Gasteiger partial charge in [-0.15, -0.1) is 0 Å². The fraction of sp³-hybridized carbons (Fsp3) is 0.300. The Morgan fingerprint density at radius 1 is 1.24 bits per heavy atom. The van der Waals surface area contributed by atoms with E-state index in [4.69, 9.17) is 17.3 Å². The molecular weight excluding hydrogens is 471 g/mol. The van der Waals surface area contributed by atoms with Crippen LogP contribution in [0.1, 0.15) is 17.5 Å². The summed E-state index contributed by atoms with van der Waals surface area (Å²) in [7, 11) is 0. The van der Waals surface area contributed by atoms with Gasteiger partial charge in [0, 0.05) is 23.9 Å². The monoisotopic (exact) mass is 486 g/mol. The van der Waals surface area contributed by atoms with Gasteiger partial charge in [-0.25, -0.2) is 28.7 Å². The second kappa shape index (κ2) is 8.25. The molecular formula is C20H16ClF5N6O. The van der Waals surface area contributed by atoms with Gasteiger partial charge < -0.3 is 15.8 Å². The van der Waals surface area contributed by atoms with Gasteiger partial charge >= 0.3 is 6.18 Å². The number of halogens is 6. The summed E-state index contributed by atoms with van der Waals surface area (Å²) in [6, 6.07) is 3.25. The summed E-state index contributed by atoms with van der Waals surface area (Å²) in [6.07, 6.45) is -5.64. The van der Waals surface area contributed by atoms with E-state index in [1.165, 1.54) is 31.6 Å². The topological polar surface area (TPSA) is 98.3 Å². The first-order chi connectivity index (χ1) is 15.5. The highest BCUT2D eigenvalue weighted by Crippen LogP contribution is 2.43. The van der Waals surface area contributed by atoms with Crippen LogP contribution < -0.4 is 11.1 Å². The number of fused-ring (bicyclic) bond motifs is 1. The van der Waals surface area contributed by atoms with Crippen molar-refractivity contribution in [3.8, 4) is 0 Å². The first kappa shape index (κ1) is 22.9. The van der Waals surface area contributed by atoms with Crippen molar-refractivity contribution in [2.45, 2.75) is 31.2 Å². The molecule has 7 nitrogen and oxygen atoms in total. The molecule has 1 aliphatic heterocycles. The standard InChI is InChI=1S/C20H16ClF5N6O/c1-9-2-11(31-17-16-13(29-8-30-17)3-10(21)6-28-16)4-12(15(9)23)19(7-22)5-14(20(24,25)26)33-18(27)32-19/h2-4,6,8,14H,5,7H2,1H3,(H2,27,32)(H,29,30,31)/t14-,19+/m0/s1. The van der Waals surface area contributed by atoms with Crippen LogP contribution in [0.15, 0.2) is 35.7 Å². The van der Waals surface area contributed by atoms with Crippen molar-refractivity contribution < 1.29 is 26.7 Å². The van der Waals surface area contributed by atoms with Crippen molar-refractivity contribution in [3.05, 3.63) is 52.7 Å². The zero-order valence-electron chi connectivity index (χ0n) is 16.9. The third kappa shape index (κ3) is 4.34. The van der Waals surface area contributed by atoms with Crippen LogP contribution in [0.5, 0.6) is 0 Å². The van der Waals surface area contributed by atoms with Gasteiger partial charge in [-0.3, -0.25) is 0 Å². The van der Waals surface area contributed by atoms with Crippen LogP contribution >= 0.6 is 11.6 Å². The van der Waals surface area contributed by atoms with Gasteiger partial charge in [0.1, 0.15) is 29.9 Å². The second-order valence-corrected chi connectivity index (χ2v) is 7.93. The van der Waals surface area contributed by atoms with E-state index >= 15 is 4.39 Å². The molecule has 0 saturated heterocycles. The maximum absolute atomic E-state index is 15.1. The summed E-state index contributed by atoms with van der Waals surface area (Å²) in [5.74, 6) is -0.680. The van der Waals surface area contributed by atoms with Crippen molar-refractivity contribution in [1.29, 1.82) is 0 Å². The number of hydrogen-bond donors (Lipinski definition) is 2. The third-order valence-electron chi connectivity index (χ3n) is 5.16. The van der Waals surface area contributed by atoms with Gasteiger partial charge in [0.05, 0.1) is 10.5 Å². The number of anilines is 2. The molecule has 3 aromatic rings. The summed E-state index contributed by atoms with van der Waals surface area (Å²) >= 11 is 5.93. The Morgan fingerprint density at radius 3 is 2.70 bits per heavy atom. The van der Waals surface area contributed by atoms with Crippen molar-refractivity contribution in [2.75, 3.05) is 12.0 Å². The quantitative estimate of drug-likeness (QED) is 0.519. The van der Waals surface area contributed by atoms with Crippen LogP contribution in [-0.2, 0) is 10.3 Å². The number of pyridine rings is 1. The molecule has 2 aromatic heterocycles. The van der Waals surface area contributed by atoms with E-state index in [-0.39, 0.29) is 17.1 Å². The molecule has 0 spiro atoms. The number of nitrogens with zero attached hydrogens (tertiary/aromatic N) is 4. The molecule has 0 saturated carbocycles. The molecule has 0 unspecified atom stereocenters. The molecule has 13 heteroatoms. The lowest BCUT2D eigenvalue weighted by Gasteiger charge is -2.37. The number of hydrogen-bond acceptors (Lipinski definition) is 7. The summed E-state index contributed by atoms with van der Waals surface area (Å²) in [6.45, 7) is -0.0420. The van der Waals surface area contributed by atoms with E-state index in [0.717, 1.165) is 0 Å². The van der Waals surface area contributed by atoms with Gasteiger partial charge in [0.25, 0.3) is 6.02 Å². The smallest absolute Gasteiger partial charge is 0.425 e. The Kier molecular flexibility index (Phi) is 5.72. The van der Waals surface area contributed by atoms with E-state index < -0.39 is 48.3 Å². The fourth-order valence-electron chi connectivity index (χ4n) is 3.61. The third-order valence-corrected chi connectivity index (χ3v) is 5.36. The summed E-state index contributed by atoms with van der Waals surface area (Å²) < 4.78 is 73.9. The molecule has 174 valence electrons. The highest BCUT2D eigenvalue weighted by atomic mass is 35.5. The highest BCUT2D eigenvalue weighted by molar-refractivity contribution is 6.31. The Hall–Kier alpha value is -3.28. The summed E-state index contributed by atoms with van der Waals surface area (Å²) in [5, 5.41) is 3.28. The Balaban J connectivity index is 1.80. The summed E-state index contributed by atoms with van der Waals surface area (Å²) in [5.41, 5.74) is 3.82. The molecule has 0 amide bonds. The molecule has 4 rings (SSSR count). The molecule has 1 aromatic carbocycles. The molecule has 1 aliphatic rings. The summed E-state index contributed by atoms with van der Waals surface area (Å²) in [4.78, 5) is 16.1. The number of aliphatic imine (C=N–C) groups is 1. The van der Waals surface area contributed by atoms with Crippen molar-refractivity contribution in [2.24, 2.45) is 10.7 Å². The number of ether oxygens (including phenoxy) is 1. The first-order valence-electron chi connectivity index (χ1n) is 9.51. The van der Waals surface area contributed by atoms with Crippen LogP contribution in [0.4, 0.5) is 33.5 Å². The maximum Gasteiger partial charge on any atom is 0.425 e. The van der Waals surface area contributed by atoms with Gasteiger partial charge in [-0.05, 0) is 30.7 Å². The van der Waals surface area contributed by atoms with Crippen LogP contribution in [0, 0.1) is 12.7 Å². The zero-order valence-corrected chi connectivity index (χ0v) is 17.7. The normalized spacial score (nSPS) is 20.9. The number of aryl methyl sites for hydroxylation is 1. The van der Waals surface area contributed by atoms with Gasteiger partial charge in [-0.1, -0.05) is 11.6 Å². The number of amidine groups is 1. The predicted octanol–water partition coefficient (Wildman–Crippen LogP) is 4.70. The SMILES string of the molecule is Cc1cc(Nc2ncnc3cc(Cl)cnc23)cc([C@]2(CF)C[C@@H](C(F)(F)F)OC(N)=N2)c1F. The lowest BCUT2D eigenvalue weighted by atomic mass is 9.83. The zero-order chi connectivity index (χ0) is 24.0. The van der Waals surface area contributed by atoms with E-state index in [0.29, 0.717) is 16.1 Å². The average molecular weight is 487 g/mol. The van der Waals surface area contributed by atoms with Crippen molar-refractivity contribution >= 4 is 40.2 Å². The Labute approximate surface area is 188 Å². The molecule has 0 bridgehead atoms. The molecule has 3 N–H and O–H groups in total. The highest BCUT2D eigenvalue weighted by Gasteiger charge is 2.52. The van der Waals surface area contributed by atoms with Crippen LogP contribution in [0.25, 0.3) is 11.0 Å². The lowest BCUT2D eigenvalue weighted by molar-refractivity contribution is -0.209. The van der Waals surface area contributed by atoms with Crippen LogP contribution in [-0.4, -0.2) is 39.9 Å². The second-order valence-electron chi connectivity index (χ2n) is 7.49. The molecule has 33 heavy (non-hydrogen) atoms. The van der Waals surface area contributed by atoms with Crippen molar-refractivity contribution in [3.63, 3.8) is 0 Å². The van der Waals surface area contributed by atoms with E-state index in [1.807, 2.05) is 0 Å². The number of alkyl halides is 4. The number of nitrogens with two attached hydrogens (primary N) is 1. The maximum atomic E-state index is 15.1. The molecule has 2 atom stereocenters. The number of aromatic nitrogens is 3. The Bertz CT molecular complexity index is 1250. The van der Waals surface area contributed by atoms with Crippen LogP contribution in [0.3, 0.4) is 0 Å². The minimum Gasteiger partial charge on any atom is -0.452 e. The van der Waals surface area contributed by atoms with E-state index in [9.17, 15) is 17.6 Å². The first-order valence-corrected chi connectivity index (χ1v) is 9.89. The number of benzene rings is 1. The fourth-order valence-corrected chi connectivity index (χ4v) is 3.77. The molecule has 0 radical (unpaired) electrons. The van der Waals surface area contributed by atoms with Crippen LogP contribution in [0.2, 0.25) is 5.02 Å².